The Morgan fingerprint density at radius 3 is 1.28 bits per heavy atom. The van der Waals surface area contributed by atoms with Crippen molar-refractivity contribution in [2.75, 3.05) is 4.81 Å². The molecule has 0 N–H and O–H groups in total. The summed E-state index contributed by atoms with van der Waals surface area (Å²) < 4.78 is 0. The van der Waals surface area contributed by atoms with Crippen LogP contribution in [-0.2, 0) is 0 Å². The maximum absolute atomic E-state index is 2.59. The molecule has 11 rings (SSSR count). The van der Waals surface area contributed by atoms with Crippen LogP contribution in [0.1, 0.15) is 0 Å². The lowest BCUT2D eigenvalue weighted by molar-refractivity contribution is 1.35. The van der Waals surface area contributed by atoms with Crippen LogP contribution in [0.25, 0.3) is 76.8 Å². The van der Waals surface area contributed by atoms with Crippen LogP contribution in [0, 0.1) is 0 Å². The molecule has 0 radical (unpaired) electrons. The molecule has 9 aromatic carbocycles. The molecule has 0 saturated carbocycles. The van der Waals surface area contributed by atoms with E-state index in [1.165, 1.54) is 99.1 Å². The number of anilines is 2. The zero-order valence-electron chi connectivity index (χ0n) is 27.3. The van der Waals surface area contributed by atoms with Crippen LogP contribution >= 0.6 is 0 Å². The Morgan fingerprint density at radius 2 is 0.700 bits per heavy atom. The van der Waals surface area contributed by atoms with E-state index in [-0.39, 0.29) is 6.85 Å². The second kappa shape index (κ2) is 10.6. The lowest BCUT2D eigenvalue weighted by atomic mass is 9.43. The standard InChI is InChI=1S/C48H30BN/c1-2-12-31(13-3-1)32-23-26-47-43(29-32)40-18-8-10-20-45(40)49-46-21-11-9-19-41(46)44-30-34(24-27-48(44)50(47)49)33-22-25-39-37-16-5-4-14-35(37)36-15-6-7-17-38(36)42(39)28-33/h1-30H. The minimum Gasteiger partial charge on any atom is -0.376 e. The predicted molar refractivity (Wildman–Crippen MR) is 214 cm³/mol. The van der Waals surface area contributed by atoms with Crippen molar-refractivity contribution in [3.63, 3.8) is 0 Å². The highest BCUT2D eigenvalue weighted by molar-refractivity contribution is 6.92. The number of fused-ring (bicyclic) bond motifs is 17. The third-order valence-electron chi connectivity index (χ3n) is 11.0. The van der Waals surface area contributed by atoms with Gasteiger partial charge in [0.1, 0.15) is 0 Å². The second-order valence-corrected chi connectivity index (χ2v) is 13.6. The van der Waals surface area contributed by atoms with Gasteiger partial charge in [0.2, 0.25) is 0 Å². The van der Waals surface area contributed by atoms with Crippen molar-refractivity contribution in [2.45, 2.75) is 0 Å². The molecule has 2 aliphatic rings. The van der Waals surface area contributed by atoms with Crippen LogP contribution in [0.2, 0.25) is 0 Å². The van der Waals surface area contributed by atoms with Crippen LogP contribution in [0.15, 0.2) is 182 Å². The van der Waals surface area contributed by atoms with Crippen molar-refractivity contribution in [1.82, 2.24) is 0 Å². The Labute approximate surface area is 291 Å². The average molecular weight is 632 g/mol. The molecular weight excluding hydrogens is 601 g/mol. The molecule has 0 saturated heterocycles. The fourth-order valence-corrected chi connectivity index (χ4v) is 8.82. The lowest BCUT2D eigenvalue weighted by Crippen LogP contribution is -2.59. The Balaban J connectivity index is 1.13. The van der Waals surface area contributed by atoms with Crippen molar-refractivity contribution in [3.8, 4) is 44.5 Å². The van der Waals surface area contributed by atoms with Crippen LogP contribution < -0.4 is 15.7 Å². The summed E-state index contributed by atoms with van der Waals surface area (Å²) in [5, 5.41) is 7.81. The number of benzene rings is 9. The van der Waals surface area contributed by atoms with Gasteiger partial charge < -0.3 is 4.81 Å². The van der Waals surface area contributed by atoms with Crippen LogP contribution in [0.5, 0.6) is 0 Å². The van der Waals surface area contributed by atoms with Gasteiger partial charge in [-0.3, -0.25) is 0 Å². The highest BCUT2D eigenvalue weighted by Gasteiger charge is 2.42. The van der Waals surface area contributed by atoms with Gasteiger partial charge in [0, 0.05) is 22.5 Å². The molecule has 230 valence electrons. The summed E-state index contributed by atoms with van der Waals surface area (Å²) in [6.45, 7) is 0.0936. The fourth-order valence-electron chi connectivity index (χ4n) is 8.82. The monoisotopic (exact) mass is 631 g/mol. The van der Waals surface area contributed by atoms with E-state index in [1.54, 1.807) is 0 Å². The molecule has 0 spiro atoms. The number of rotatable bonds is 2. The van der Waals surface area contributed by atoms with E-state index < -0.39 is 0 Å². The first-order chi connectivity index (χ1) is 24.8. The van der Waals surface area contributed by atoms with Gasteiger partial charge in [-0.15, -0.1) is 0 Å². The first-order valence-corrected chi connectivity index (χ1v) is 17.5. The molecule has 0 aliphatic carbocycles. The first kappa shape index (κ1) is 27.6. The smallest absolute Gasteiger partial charge is 0.329 e. The largest absolute Gasteiger partial charge is 0.376 e. The summed E-state index contributed by atoms with van der Waals surface area (Å²) >= 11 is 0. The van der Waals surface area contributed by atoms with E-state index in [0.717, 1.165) is 0 Å². The second-order valence-electron chi connectivity index (χ2n) is 13.6. The minimum atomic E-state index is 0.0936. The van der Waals surface area contributed by atoms with Gasteiger partial charge in [-0.2, -0.15) is 0 Å². The maximum Gasteiger partial charge on any atom is 0.329 e. The van der Waals surface area contributed by atoms with Crippen LogP contribution in [0.4, 0.5) is 11.4 Å². The number of nitrogens with zero attached hydrogens (tertiary/aromatic N) is 1. The van der Waals surface area contributed by atoms with Gasteiger partial charge in [-0.1, -0.05) is 152 Å². The molecule has 1 nitrogen and oxygen atoms in total. The zero-order valence-corrected chi connectivity index (χ0v) is 27.3. The van der Waals surface area contributed by atoms with Gasteiger partial charge in [0.05, 0.1) is 0 Å². The Hall–Kier alpha value is -6.38. The van der Waals surface area contributed by atoms with E-state index >= 15 is 0 Å². The Morgan fingerprint density at radius 1 is 0.280 bits per heavy atom. The Bertz CT molecular complexity index is 2800. The predicted octanol–water partition coefficient (Wildman–Crippen LogP) is 11.4. The summed E-state index contributed by atoms with van der Waals surface area (Å²) in [6, 6.07) is 67.5. The molecule has 50 heavy (non-hydrogen) atoms. The average Bonchev–Trinajstić information content (AvgIpc) is 3.20. The van der Waals surface area contributed by atoms with Crippen molar-refractivity contribution in [3.05, 3.63) is 182 Å². The van der Waals surface area contributed by atoms with Crippen molar-refractivity contribution < 1.29 is 0 Å². The molecule has 2 aliphatic heterocycles. The van der Waals surface area contributed by atoms with Crippen LogP contribution in [0.3, 0.4) is 0 Å². The molecule has 0 unspecified atom stereocenters. The molecule has 0 atom stereocenters. The SMILES string of the molecule is c1ccc(-c2ccc3c(c2)-c2ccccc2B2c4ccccc4-c4cc(-c5ccc6c7ccccc7c7ccccc7c6c5)ccc4N23)cc1. The summed E-state index contributed by atoms with van der Waals surface area (Å²) in [4.78, 5) is 2.59. The van der Waals surface area contributed by atoms with E-state index in [0.29, 0.717) is 0 Å². The lowest BCUT2D eigenvalue weighted by Gasteiger charge is -2.43. The van der Waals surface area contributed by atoms with E-state index in [9.17, 15) is 0 Å². The summed E-state index contributed by atoms with van der Waals surface area (Å²) in [6.07, 6.45) is 0. The number of hydrogen-bond acceptors (Lipinski definition) is 1. The molecule has 0 amide bonds. The van der Waals surface area contributed by atoms with E-state index in [2.05, 4.69) is 187 Å². The van der Waals surface area contributed by atoms with Gasteiger partial charge in [0.25, 0.3) is 0 Å². The van der Waals surface area contributed by atoms with Crippen molar-refractivity contribution in [2.24, 2.45) is 0 Å². The van der Waals surface area contributed by atoms with Crippen molar-refractivity contribution in [1.29, 1.82) is 0 Å². The molecule has 2 heterocycles. The van der Waals surface area contributed by atoms with Crippen LogP contribution in [-0.4, -0.2) is 6.85 Å². The molecule has 0 aromatic heterocycles. The quantitative estimate of drug-likeness (QED) is 0.136. The highest BCUT2D eigenvalue weighted by Crippen LogP contribution is 2.48. The van der Waals surface area contributed by atoms with Gasteiger partial charge in [-0.05, 0) is 107 Å². The number of hydrogen-bond donors (Lipinski definition) is 0. The maximum atomic E-state index is 2.59. The third kappa shape index (κ3) is 3.91. The van der Waals surface area contributed by atoms with Gasteiger partial charge in [0.15, 0.2) is 0 Å². The highest BCUT2D eigenvalue weighted by atomic mass is 15.1. The van der Waals surface area contributed by atoms with Gasteiger partial charge >= 0.3 is 6.85 Å². The fraction of sp³-hybridized carbons (Fsp3) is 0. The molecule has 0 bridgehead atoms. The van der Waals surface area contributed by atoms with Crippen molar-refractivity contribution >= 4 is 61.5 Å². The molecule has 0 fully saturated rings. The molecule has 9 aromatic rings. The summed E-state index contributed by atoms with van der Waals surface area (Å²) in [5.41, 5.74) is 15.3. The normalized spacial score (nSPS) is 12.7. The minimum absolute atomic E-state index is 0.0936. The summed E-state index contributed by atoms with van der Waals surface area (Å²) in [5.74, 6) is 0. The molecule has 2 heteroatoms. The van der Waals surface area contributed by atoms with E-state index in [1.807, 2.05) is 0 Å². The summed E-state index contributed by atoms with van der Waals surface area (Å²) in [7, 11) is 0. The van der Waals surface area contributed by atoms with E-state index in [4.69, 9.17) is 0 Å². The first-order valence-electron chi connectivity index (χ1n) is 17.5. The van der Waals surface area contributed by atoms with Gasteiger partial charge in [-0.25, -0.2) is 0 Å². The Kier molecular flexibility index (Phi) is 5.82. The third-order valence-corrected chi connectivity index (χ3v) is 11.0. The zero-order chi connectivity index (χ0) is 32.8. The topological polar surface area (TPSA) is 3.24 Å². The molecular formula is C48H30BN.